The number of amides is 1. The van der Waals surface area contributed by atoms with Crippen LogP contribution in [0.25, 0.3) is 11.1 Å². The van der Waals surface area contributed by atoms with E-state index in [0.717, 1.165) is 16.7 Å². The van der Waals surface area contributed by atoms with Gasteiger partial charge in [-0.1, -0.05) is 17.7 Å². The maximum absolute atomic E-state index is 12.4. The number of carbonyl (C=O) groups excluding carboxylic acids is 1. The monoisotopic (exact) mass is 323 g/mol. The van der Waals surface area contributed by atoms with Crippen LogP contribution in [0.3, 0.4) is 0 Å². The number of pyridine rings is 2. The second kappa shape index (κ2) is 6.58. The number of halogens is 1. The molecule has 0 unspecified atom stereocenters. The molecule has 0 radical (unpaired) electrons. The Morgan fingerprint density at radius 1 is 1.13 bits per heavy atom. The summed E-state index contributed by atoms with van der Waals surface area (Å²) < 4.78 is 0. The van der Waals surface area contributed by atoms with Crippen LogP contribution < -0.4 is 5.32 Å². The van der Waals surface area contributed by atoms with Gasteiger partial charge in [-0.3, -0.25) is 9.78 Å². The highest BCUT2D eigenvalue weighted by molar-refractivity contribution is 6.31. The summed E-state index contributed by atoms with van der Waals surface area (Å²) >= 11 is 6.18. The first-order valence-electron chi connectivity index (χ1n) is 7.07. The number of nitrogens with one attached hydrogen (secondary N) is 1. The van der Waals surface area contributed by atoms with Gasteiger partial charge < -0.3 is 5.32 Å². The summed E-state index contributed by atoms with van der Waals surface area (Å²) in [4.78, 5) is 20.6. The van der Waals surface area contributed by atoms with Crippen molar-refractivity contribution in [1.82, 2.24) is 9.97 Å². The molecule has 1 amide bonds. The fraction of sp³-hybridized carbons (Fsp3) is 0.0556. The van der Waals surface area contributed by atoms with Crippen molar-refractivity contribution in [3.8, 4) is 11.1 Å². The zero-order valence-electron chi connectivity index (χ0n) is 12.5. The third-order valence-electron chi connectivity index (χ3n) is 3.42. The van der Waals surface area contributed by atoms with Crippen LogP contribution in [0.4, 0.5) is 5.82 Å². The highest BCUT2D eigenvalue weighted by Crippen LogP contribution is 2.27. The van der Waals surface area contributed by atoms with Crippen molar-refractivity contribution in [2.24, 2.45) is 0 Å². The average molecular weight is 324 g/mol. The van der Waals surface area contributed by atoms with Crippen LogP contribution in [0.5, 0.6) is 0 Å². The van der Waals surface area contributed by atoms with Gasteiger partial charge in [-0.25, -0.2) is 4.98 Å². The minimum Gasteiger partial charge on any atom is -0.307 e. The molecule has 23 heavy (non-hydrogen) atoms. The van der Waals surface area contributed by atoms with Crippen molar-refractivity contribution in [2.45, 2.75) is 6.92 Å². The van der Waals surface area contributed by atoms with Gasteiger partial charge in [-0.2, -0.15) is 0 Å². The number of benzene rings is 1. The fourth-order valence-electron chi connectivity index (χ4n) is 2.27. The van der Waals surface area contributed by atoms with Gasteiger partial charge in [0.05, 0.1) is 0 Å². The highest BCUT2D eigenvalue weighted by atomic mass is 35.5. The Bertz CT molecular complexity index is 850. The Morgan fingerprint density at radius 2 is 2.00 bits per heavy atom. The zero-order valence-corrected chi connectivity index (χ0v) is 13.2. The number of hydrogen-bond donors (Lipinski definition) is 1. The third kappa shape index (κ3) is 3.55. The Kier molecular flexibility index (Phi) is 4.35. The molecule has 0 bridgehead atoms. The molecule has 0 spiro atoms. The Morgan fingerprint density at radius 3 is 2.74 bits per heavy atom. The second-order valence-corrected chi connectivity index (χ2v) is 5.52. The van der Waals surface area contributed by atoms with Crippen LogP contribution in [0.1, 0.15) is 15.9 Å². The van der Waals surface area contributed by atoms with E-state index in [4.69, 9.17) is 11.6 Å². The van der Waals surface area contributed by atoms with Crippen molar-refractivity contribution >= 4 is 23.3 Å². The lowest BCUT2D eigenvalue weighted by atomic mass is 10.0. The molecule has 1 N–H and O–H groups in total. The van der Waals surface area contributed by atoms with Crippen LogP contribution >= 0.6 is 11.6 Å². The van der Waals surface area contributed by atoms with Crippen LogP contribution in [0, 0.1) is 6.92 Å². The molecule has 114 valence electrons. The topological polar surface area (TPSA) is 54.9 Å². The fourth-order valence-corrected chi connectivity index (χ4v) is 2.50. The molecule has 1 aromatic carbocycles. The predicted octanol–water partition coefficient (Wildman–Crippen LogP) is 4.36. The molecule has 3 aromatic rings. The van der Waals surface area contributed by atoms with E-state index in [2.05, 4.69) is 15.3 Å². The SMILES string of the molecule is Cc1ccncc1-c1cc(Cl)cc(C(=O)Nc2ccccn2)c1. The maximum Gasteiger partial charge on any atom is 0.256 e. The van der Waals surface area contributed by atoms with E-state index >= 15 is 0 Å². The van der Waals surface area contributed by atoms with Crippen molar-refractivity contribution in [3.63, 3.8) is 0 Å². The van der Waals surface area contributed by atoms with E-state index in [-0.39, 0.29) is 5.91 Å². The van der Waals surface area contributed by atoms with Crippen molar-refractivity contribution in [1.29, 1.82) is 0 Å². The largest absolute Gasteiger partial charge is 0.307 e. The number of hydrogen-bond acceptors (Lipinski definition) is 3. The van der Waals surface area contributed by atoms with Gasteiger partial charge in [-0.05, 0) is 54.4 Å². The summed E-state index contributed by atoms with van der Waals surface area (Å²) in [6.45, 7) is 1.99. The van der Waals surface area contributed by atoms with Crippen LogP contribution in [0.15, 0.2) is 61.1 Å². The lowest BCUT2D eigenvalue weighted by Crippen LogP contribution is -2.12. The minimum atomic E-state index is -0.256. The van der Waals surface area contributed by atoms with E-state index in [9.17, 15) is 4.79 Å². The van der Waals surface area contributed by atoms with Gasteiger partial charge in [0.1, 0.15) is 5.82 Å². The standard InChI is InChI=1S/C18H14ClN3O/c1-12-5-7-20-11-16(12)13-8-14(10-15(19)9-13)18(23)22-17-4-2-3-6-21-17/h2-11H,1H3,(H,21,22,23). The lowest BCUT2D eigenvalue weighted by molar-refractivity contribution is 0.102. The smallest absolute Gasteiger partial charge is 0.256 e. The first-order chi connectivity index (χ1) is 11.1. The molecule has 0 fully saturated rings. The zero-order chi connectivity index (χ0) is 16.2. The van der Waals surface area contributed by atoms with Gasteiger partial charge in [0.25, 0.3) is 5.91 Å². The summed E-state index contributed by atoms with van der Waals surface area (Å²) in [5.74, 6) is 0.241. The van der Waals surface area contributed by atoms with E-state index in [1.54, 1.807) is 42.9 Å². The second-order valence-electron chi connectivity index (χ2n) is 5.09. The number of carbonyl (C=O) groups is 1. The number of aromatic nitrogens is 2. The summed E-state index contributed by atoms with van der Waals surface area (Å²) in [5.41, 5.74) is 3.34. The molecule has 0 saturated heterocycles. The van der Waals surface area contributed by atoms with Gasteiger partial charge in [0, 0.05) is 34.7 Å². The molecule has 0 atom stereocenters. The Hall–Kier alpha value is -2.72. The quantitative estimate of drug-likeness (QED) is 0.779. The molecular weight excluding hydrogens is 310 g/mol. The molecule has 3 rings (SSSR count). The van der Waals surface area contributed by atoms with Crippen molar-refractivity contribution in [3.05, 3.63) is 77.2 Å². The molecule has 0 saturated carbocycles. The van der Waals surface area contributed by atoms with Crippen LogP contribution in [0.2, 0.25) is 5.02 Å². The predicted molar refractivity (Wildman–Crippen MR) is 91.6 cm³/mol. The molecule has 2 heterocycles. The lowest BCUT2D eigenvalue weighted by Gasteiger charge is -2.09. The molecule has 2 aromatic heterocycles. The minimum absolute atomic E-state index is 0.256. The van der Waals surface area contributed by atoms with E-state index in [1.807, 2.05) is 25.1 Å². The number of aryl methyl sites for hydroxylation is 1. The number of anilines is 1. The Labute approximate surface area is 139 Å². The summed E-state index contributed by atoms with van der Waals surface area (Å²) in [6.07, 6.45) is 5.12. The third-order valence-corrected chi connectivity index (χ3v) is 3.63. The number of nitrogens with zero attached hydrogens (tertiary/aromatic N) is 2. The van der Waals surface area contributed by atoms with Gasteiger partial charge >= 0.3 is 0 Å². The van der Waals surface area contributed by atoms with E-state index in [1.165, 1.54) is 0 Å². The van der Waals surface area contributed by atoms with Gasteiger partial charge in [0.2, 0.25) is 0 Å². The molecule has 5 heteroatoms. The maximum atomic E-state index is 12.4. The summed E-state index contributed by atoms with van der Waals surface area (Å²) in [6, 6.07) is 12.5. The highest BCUT2D eigenvalue weighted by Gasteiger charge is 2.11. The summed E-state index contributed by atoms with van der Waals surface area (Å²) in [5, 5.41) is 3.25. The average Bonchev–Trinajstić information content (AvgIpc) is 2.55. The van der Waals surface area contributed by atoms with Crippen molar-refractivity contribution < 1.29 is 4.79 Å². The molecule has 4 nitrogen and oxygen atoms in total. The molecular formula is C18H14ClN3O. The number of rotatable bonds is 3. The van der Waals surface area contributed by atoms with Crippen LogP contribution in [-0.2, 0) is 0 Å². The first-order valence-corrected chi connectivity index (χ1v) is 7.45. The molecule has 0 aliphatic rings. The first kappa shape index (κ1) is 15.2. The van der Waals surface area contributed by atoms with E-state index < -0.39 is 0 Å². The van der Waals surface area contributed by atoms with Crippen LogP contribution in [-0.4, -0.2) is 15.9 Å². The van der Waals surface area contributed by atoms with Crippen molar-refractivity contribution in [2.75, 3.05) is 5.32 Å². The van der Waals surface area contributed by atoms with Gasteiger partial charge in [-0.15, -0.1) is 0 Å². The molecule has 0 aliphatic carbocycles. The Balaban J connectivity index is 1.95. The van der Waals surface area contributed by atoms with E-state index in [0.29, 0.717) is 16.4 Å². The summed E-state index contributed by atoms with van der Waals surface area (Å²) in [7, 11) is 0. The van der Waals surface area contributed by atoms with Gasteiger partial charge in [0.15, 0.2) is 0 Å². The molecule has 0 aliphatic heterocycles. The normalized spacial score (nSPS) is 10.3.